The van der Waals surface area contributed by atoms with Crippen LogP contribution >= 0.6 is 22.6 Å². The van der Waals surface area contributed by atoms with Gasteiger partial charge in [0.2, 0.25) is 0 Å². The molecule has 0 unspecified atom stereocenters. The lowest BCUT2D eigenvalue weighted by Crippen LogP contribution is -2.09. The number of rotatable bonds is 3. The van der Waals surface area contributed by atoms with Crippen LogP contribution in [0.3, 0.4) is 0 Å². The van der Waals surface area contributed by atoms with Gasteiger partial charge in [-0.3, -0.25) is 15.1 Å². The number of aromatic nitrogens is 1. The summed E-state index contributed by atoms with van der Waals surface area (Å²) in [5.74, 6) is 0. The molecule has 1 heterocycles. The SMILES string of the molecule is NCc1ncc(I)c(C(F)F)c1[N+](=O)[O-]. The first-order valence-corrected chi connectivity index (χ1v) is 4.86. The fraction of sp³-hybridized carbons (Fsp3) is 0.286. The van der Waals surface area contributed by atoms with Crippen LogP contribution in [0.4, 0.5) is 14.5 Å². The highest BCUT2D eigenvalue weighted by Gasteiger charge is 2.28. The first kappa shape index (κ1) is 12.2. The van der Waals surface area contributed by atoms with Gasteiger partial charge in [0.1, 0.15) is 11.3 Å². The van der Waals surface area contributed by atoms with Crippen molar-refractivity contribution < 1.29 is 13.7 Å². The van der Waals surface area contributed by atoms with Crippen molar-refractivity contribution in [2.75, 3.05) is 0 Å². The summed E-state index contributed by atoms with van der Waals surface area (Å²) in [6.07, 6.45) is -1.76. The number of nitro groups is 1. The second kappa shape index (κ2) is 4.75. The molecule has 0 amide bonds. The Hall–Kier alpha value is -0.900. The minimum atomic E-state index is -2.91. The van der Waals surface area contributed by atoms with Crippen molar-refractivity contribution in [3.8, 4) is 0 Å². The summed E-state index contributed by atoms with van der Waals surface area (Å²) in [5, 5.41) is 10.6. The molecule has 0 radical (unpaired) electrons. The number of hydrogen-bond donors (Lipinski definition) is 1. The van der Waals surface area contributed by atoms with Crippen molar-refractivity contribution >= 4 is 28.3 Å². The summed E-state index contributed by atoms with van der Waals surface area (Å²) in [6.45, 7) is -0.243. The molecule has 5 nitrogen and oxygen atoms in total. The normalized spacial score (nSPS) is 10.7. The number of hydrogen-bond acceptors (Lipinski definition) is 4. The van der Waals surface area contributed by atoms with Gasteiger partial charge in [0, 0.05) is 16.3 Å². The highest BCUT2D eigenvalue weighted by Crippen LogP contribution is 2.34. The number of alkyl halides is 2. The molecule has 1 rings (SSSR count). The van der Waals surface area contributed by atoms with Gasteiger partial charge in [0.05, 0.1) is 4.92 Å². The van der Waals surface area contributed by atoms with Gasteiger partial charge in [0.15, 0.2) is 0 Å². The van der Waals surface area contributed by atoms with Gasteiger partial charge >= 0.3 is 5.69 Å². The highest BCUT2D eigenvalue weighted by atomic mass is 127. The summed E-state index contributed by atoms with van der Waals surface area (Å²) in [6, 6.07) is 0. The van der Waals surface area contributed by atoms with E-state index in [2.05, 4.69) is 4.98 Å². The third-order valence-corrected chi connectivity index (χ3v) is 2.57. The second-order valence-electron chi connectivity index (χ2n) is 2.58. The van der Waals surface area contributed by atoms with Gasteiger partial charge in [-0.1, -0.05) is 0 Å². The van der Waals surface area contributed by atoms with Gasteiger partial charge in [-0.05, 0) is 22.6 Å². The third kappa shape index (κ3) is 2.37. The molecule has 0 spiro atoms. The average Bonchev–Trinajstić information content (AvgIpc) is 2.16. The van der Waals surface area contributed by atoms with Crippen LogP contribution in [0.15, 0.2) is 6.20 Å². The van der Waals surface area contributed by atoms with Gasteiger partial charge in [0.25, 0.3) is 6.43 Å². The molecule has 0 saturated carbocycles. The maximum absolute atomic E-state index is 12.6. The zero-order chi connectivity index (χ0) is 11.6. The molecule has 0 saturated heterocycles. The Bertz CT molecular complexity index is 400. The molecule has 0 atom stereocenters. The Balaban J connectivity index is 3.51. The van der Waals surface area contributed by atoms with Crippen LogP contribution in [-0.4, -0.2) is 9.91 Å². The summed E-state index contributed by atoms with van der Waals surface area (Å²) in [5.41, 5.74) is 3.77. The molecule has 82 valence electrons. The number of halogens is 3. The van der Waals surface area contributed by atoms with E-state index in [1.165, 1.54) is 0 Å². The largest absolute Gasteiger partial charge is 0.325 e. The third-order valence-electron chi connectivity index (χ3n) is 1.71. The molecule has 0 fully saturated rings. The zero-order valence-electron chi connectivity index (χ0n) is 7.28. The van der Waals surface area contributed by atoms with Crippen LogP contribution in [0.5, 0.6) is 0 Å². The summed E-state index contributed by atoms with van der Waals surface area (Å²) in [7, 11) is 0. The van der Waals surface area contributed by atoms with Gasteiger partial charge in [-0.2, -0.15) is 0 Å². The van der Waals surface area contributed by atoms with Crippen molar-refractivity contribution in [3.05, 3.63) is 31.1 Å². The molecule has 0 aliphatic carbocycles. The van der Waals surface area contributed by atoms with Gasteiger partial charge < -0.3 is 5.73 Å². The number of nitrogens with zero attached hydrogens (tertiary/aromatic N) is 2. The van der Waals surface area contributed by atoms with E-state index in [1.807, 2.05) is 0 Å². The Morgan fingerprint density at radius 2 is 2.27 bits per heavy atom. The van der Waals surface area contributed by atoms with E-state index in [9.17, 15) is 18.9 Å². The predicted octanol–water partition coefficient (Wildman–Crippen LogP) is 1.99. The number of pyridine rings is 1. The molecule has 0 aromatic carbocycles. The van der Waals surface area contributed by atoms with Crippen LogP contribution in [0, 0.1) is 13.7 Å². The van der Waals surface area contributed by atoms with Crippen molar-refractivity contribution in [2.45, 2.75) is 13.0 Å². The minimum Gasteiger partial charge on any atom is -0.325 e. The highest BCUT2D eigenvalue weighted by molar-refractivity contribution is 14.1. The lowest BCUT2D eigenvalue weighted by atomic mass is 10.2. The van der Waals surface area contributed by atoms with Crippen LogP contribution in [-0.2, 0) is 6.54 Å². The molecule has 1 aromatic heterocycles. The molecule has 8 heteroatoms. The molecule has 2 N–H and O–H groups in total. The van der Waals surface area contributed by atoms with E-state index in [4.69, 9.17) is 5.73 Å². The minimum absolute atomic E-state index is 0.0616. The first-order valence-electron chi connectivity index (χ1n) is 3.79. The van der Waals surface area contributed by atoms with Gasteiger partial charge in [-0.25, -0.2) is 8.78 Å². The molecule has 1 aromatic rings. The maximum atomic E-state index is 12.6. The number of nitrogens with two attached hydrogens (primary N) is 1. The monoisotopic (exact) mass is 329 g/mol. The quantitative estimate of drug-likeness (QED) is 0.522. The van der Waals surface area contributed by atoms with Crippen molar-refractivity contribution in [1.82, 2.24) is 4.98 Å². The van der Waals surface area contributed by atoms with E-state index in [0.717, 1.165) is 6.20 Å². The van der Waals surface area contributed by atoms with E-state index >= 15 is 0 Å². The van der Waals surface area contributed by atoms with Crippen molar-refractivity contribution in [3.63, 3.8) is 0 Å². The van der Waals surface area contributed by atoms with Crippen LogP contribution < -0.4 is 5.73 Å². The second-order valence-corrected chi connectivity index (χ2v) is 3.74. The smallest absolute Gasteiger partial charge is 0.302 e. The standard InChI is InChI=1S/C7H6F2IN3O2/c8-7(9)5-3(10)2-12-4(1-11)6(5)13(14)15/h2,7H,1,11H2. The van der Waals surface area contributed by atoms with E-state index in [1.54, 1.807) is 22.6 Å². The molecular formula is C7H6F2IN3O2. The molecule has 0 bridgehead atoms. The predicted molar refractivity (Wildman–Crippen MR) is 56.5 cm³/mol. The van der Waals surface area contributed by atoms with Crippen molar-refractivity contribution in [2.24, 2.45) is 5.73 Å². The Labute approximate surface area is 97.0 Å². The average molecular weight is 329 g/mol. The molecular weight excluding hydrogens is 323 g/mol. The van der Waals surface area contributed by atoms with E-state index in [-0.39, 0.29) is 15.8 Å². The summed E-state index contributed by atoms with van der Waals surface area (Å²) < 4.78 is 25.2. The Morgan fingerprint density at radius 1 is 1.67 bits per heavy atom. The van der Waals surface area contributed by atoms with Crippen molar-refractivity contribution in [1.29, 1.82) is 0 Å². The fourth-order valence-electron chi connectivity index (χ4n) is 1.09. The molecule has 0 aliphatic rings. The lowest BCUT2D eigenvalue weighted by molar-refractivity contribution is -0.387. The lowest BCUT2D eigenvalue weighted by Gasteiger charge is -2.06. The molecule has 15 heavy (non-hydrogen) atoms. The van der Waals surface area contributed by atoms with Gasteiger partial charge in [-0.15, -0.1) is 0 Å². The molecule has 0 aliphatic heterocycles. The summed E-state index contributed by atoms with van der Waals surface area (Å²) >= 11 is 1.58. The fourth-order valence-corrected chi connectivity index (χ4v) is 1.72. The van der Waals surface area contributed by atoms with Crippen LogP contribution in [0.2, 0.25) is 0 Å². The Kier molecular flexibility index (Phi) is 3.85. The summed E-state index contributed by atoms with van der Waals surface area (Å²) in [4.78, 5) is 13.4. The topological polar surface area (TPSA) is 82.0 Å². The zero-order valence-corrected chi connectivity index (χ0v) is 9.44. The van der Waals surface area contributed by atoms with E-state index < -0.39 is 22.6 Å². The maximum Gasteiger partial charge on any atom is 0.302 e. The van der Waals surface area contributed by atoms with E-state index in [0.29, 0.717) is 0 Å². The van der Waals surface area contributed by atoms with Crippen LogP contribution in [0.1, 0.15) is 17.7 Å². The first-order chi connectivity index (χ1) is 6.99. The van der Waals surface area contributed by atoms with Crippen LogP contribution in [0.25, 0.3) is 0 Å². The Morgan fingerprint density at radius 3 is 2.67 bits per heavy atom.